The van der Waals surface area contributed by atoms with Gasteiger partial charge < -0.3 is 71.1 Å². The van der Waals surface area contributed by atoms with E-state index in [-0.39, 0.29) is 0 Å². The second kappa shape index (κ2) is 22.7. The molecule has 3 heterocycles. The Bertz CT molecular complexity index is 1610. The summed E-state index contributed by atoms with van der Waals surface area (Å²) in [5, 5.41) is 0. The van der Waals surface area contributed by atoms with Gasteiger partial charge in [-0.3, -0.25) is 43.2 Å². The number of methoxy groups -OCH3 is 1. The van der Waals surface area contributed by atoms with Gasteiger partial charge in [0.2, 0.25) is 0 Å². The van der Waals surface area contributed by atoms with Crippen molar-refractivity contribution >= 4 is 53.7 Å². The summed E-state index contributed by atoms with van der Waals surface area (Å²) < 4.78 is 85.0. The summed E-state index contributed by atoms with van der Waals surface area (Å²) >= 11 is 0. The highest BCUT2D eigenvalue weighted by Crippen LogP contribution is 2.36. The molecule has 3 saturated heterocycles. The predicted molar refractivity (Wildman–Crippen MR) is 191 cm³/mol. The minimum atomic E-state index is -1.85. The second-order valence-corrected chi connectivity index (χ2v) is 13.9. The van der Waals surface area contributed by atoms with E-state index in [1.165, 1.54) is 6.92 Å². The normalized spacial score (nSPS) is 33.4. The van der Waals surface area contributed by atoms with Gasteiger partial charge in [0.25, 0.3) is 0 Å². The lowest BCUT2D eigenvalue weighted by atomic mass is 9.96. The Morgan fingerprint density at radius 3 is 1.15 bits per heavy atom. The number of rotatable bonds is 16. The van der Waals surface area contributed by atoms with Crippen molar-refractivity contribution in [3.05, 3.63) is 0 Å². The Labute approximate surface area is 349 Å². The molecule has 3 aliphatic heterocycles. The fourth-order valence-corrected chi connectivity index (χ4v) is 6.75. The zero-order chi connectivity index (χ0) is 45.9. The van der Waals surface area contributed by atoms with E-state index in [0.717, 1.165) is 69.4 Å². The summed E-state index contributed by atoms with van der Waals surface area (Å²) in [6.45, 7) is 9.67. The van der Waals surface area contributed by atoms with Crippen LogP contribution in [0.25, 0.3) is 0 Å². The van der Waals surface area contributed by atoms with Crippen LogP contribution in [0.1, 0.15) is 69.2 Å². The molecule has 0 spiro atoms. The first-order valence-corrected chi connectivity index (χ1v) is 18.8. The lowest BCUT2D eigenvalue weighted by Gasteiger charge is -2.49. The zero-order valence-electron chi connectivity index (χ0n) is 35.4. The molecule has 0 unspecified atom stereocenters. The van der Waals surface area contributed by atoms with E-state index in [0.29, 0.717) is 0 Å². The Hall–Kier alpha value is -5.01. The van der Waals surface area contributed by atoms with Crippen LogP contribution in [0, 0.1) is 0 Å². The van der Waals surface area contributed by atoms with Crippen LogP contribution >= 0.6 is 0 Å². The maximum atomic E-state index is 12.7. The molecule has 3 fully saturated rings. The molecule has 0 radical (unpaired) electrons. The number of ether oxygens (including phenoxy) is 15. The van der Waals surface area contributed by atoms with Gasteiger partial charge in [-0.2, -0.15) is 0 Å². The van der Waals surface area contributed by atoms with Gasteiger partial charge in [-0.05, 0) is 6.92 Å². The van der Waals surface area contributed by atoms with Crippen molar-refractivity contribution in [1.82, 2.24) is 0 Å². The van der Waals surface area contributed by atoms with Crippen molar-refractivity contribution in [2.75, 3.05) is 20.3 Å². The number of carbonyl (C=O) groups excluding carboxylic acids is 9. The van der Waals surface area contributed by atoms with Crippen LogP contribution in [0.15, 0.2) is 0 Å². The summed E-state index contributed by atoms with van der Waals surface area (Å²) in [6, 6.07) is 0. The quantitative estimate of drug-likeness (QED) is 0.136. The number of carbonyl (C=O) groups is 9. The lowest BCUT2D eigenvalue weighted by Crippen LogP contribution is -2.67. The summed E-state index contributed by atoms with van der Waals surface area (Å²) in [7, 11) is 1.16. The number of hydrogen-bond acceptors (Lipinski definition) is 24. The fraction of sp³-hybridized carbons (Fsp3) is 0.757. The molecule has 61 heavy (non-hydrogen) atoms. The molecule has 3 aliphatic rings. The first-order chi connectivity index (χ1) is 28.5. The Morgan fingerprint density at radius 2 is 0.721 bits per heavy atom. The van der Waals surface area contributed by atoms with Crippen molar-refractivity contribution < 1.29 is 114 Å². The van der Waals surface area contributed by atoms with Gasteiger partial charge in [-0.15, -0.1) is 0 Å². The lowest BCUT2D eigenvalue weighted by molar-refractivity contribution is -0.370. The van der Waals surface area contributed by atoms with Crippen molar-refractivity contribution in [3.63, 3.8) is 0 Å². The minimum Gasteiger partial charge on any atom is -0.463 e. The maximum absolute atomic E-state index is 12.7. The highest BCUT2D eigenvalue weighted by molar-refractivity contribution is 5.70. The van der Waals surface area contributed by atoms with Crippen LogP contribution in [-0.2, 0) is 114 Å². The molecule has 0 aromatic heterocycles. The van der Waals surface area contributed by atoms with Gasteiger partial charge in [0, 0.05) is 69.4 Å². The highest BCUT2D eigenvalue weighted by atomic mass is 16.8. The largest absolute Gasteiger partial charge is 0.463 e. The average molecular weight is 881 g/mol. The maximum Gasteiger partial charge on any atom is 0.303 e. The molecule has 0 aliphatic carbocycles. The van der Waals surface area contributed by atoms with E-state index in [1.54, 1.807) is 0 Å². The highest BCUT2D eigenvalue weighted by Gasteiger charge is 2.58. The molecule has 0 N–H and O–H groups in total. The van der Waals surface area contributed by atoms with Crippen LogP contribution < -0.4 is 0 Å². The van der Waals surface area contributed by atoms with Crippen molar-refractivity contribution in [1.29, 1.82) is 0 Å². The van der Waals surface area contributed by atoms with Crippen LogP contribution in [0.4, 0.5) is 0 Å². The van der Waals surface area contributed by atoms with Gasteiger partial charge in [0.15, 0.2) is 73.8 Å². The predicted octanol–water partition coefficient (Wildman–Crippen LogP) is -0.754. The SMILES string of the molecule is CO[C@H]1O[C@H](CO[C@@H]2O[C@H](C)[C@H](OC(C)=O)[C@H](OC(C)=O)[C@H]2OC(C)=O)[C@@H](OC(C)=O)[C@@H](OC(C)=O)[C@H]1O[C@@H]1O[C@@H](COC(C)=O)[C@@H](OC(C)=O)[C@@H](OC(C)=O)[C@@H]1OC(C)=O. The van der Waals surface area contributed by atoms with E-state index in [9.17, 15) is 43.2 Å². The average Bonchev–Trinajstić information content (AvgIpc) is 3.12. The smallest absolute Gasteiger partial charge is 0.303 e. The van der Waals surface area contributed by atoms with Crippen LogP contribution in [0.2, 0.25) is 0 Å². The zero-order valence-corrected chi connectivity index (χ0v) is 35.4. The van der Waals surface area contributed by atoms with Crippen molar-refractivity contribution in [3.8, 4) is 0 Å². The minimum absolute atomic E-state index is 0.606. The molecule has 24 heteroatoms. The Kier molecular flexibility index (Phi) is 18.8. The standard InChI is InChI=1S/C37H52O24/c1-14-26(51-16(3)39)29(54-19(6)42)33(57-22(9)45)36(50-14)49-13-25-28(53-18(5)41)30(55-20(7)43)32(35(47-11)59-25)61-37-34(58-23(10)46)31(56-21(8)44)27(52-17(4)40)24(60-37)12-48-15(2)38/h14,24-37H,12-13H2,1-11H3/t14-,24+,25-,26+,27-,28-,29+,30-,31-,32-,33-,34+,35+,36-,37+/m1/s1. The summed E-state index contributed by atoms with van der Waals surface area (Å²) in [5.74, 6) is -7.84. The van der Waals surface area contributed by atoms with E-state index in [1.807, 2.05) is 0 Å². The monoisotopic (exact) mass is 880 g/mol. The number of esters is 9. The summed E-state index contributed by atoms with van der Waals surface area (Å²) in [4.78, 5) is 111. The van der Waals surface area contributed by atoms with Gasteiger partial charge >= 0.3 is 53.7 Å². The van der Waals surface area contributed by atoms with E-state index >= 15 is 0 Å². The molecule has 24 nitrogen and oxygen atoms in total. The van der Waals surface area contributed by atoms with Gasteiger partial charge in [-0.1, -0.05) is 0 Å². The van der Waals surface area contributed by atoms with Crippen LogP contribution in [0.3, 0.4) is 0 Å². The molecule has 15 atom stereocenters. The first kappa shape index (κ1) is 50.3. The Balaban J connectivity index is 2.08. The molecule has 0 saturated carbocycles. The molecule has 0 aromatic carbocycles. The summed E-state index contributed by atoms with van der Waals surface area (Å²) in [6.07, 6.45) is -23.1. The molecule has 344 valence electrons. The van der Waals surface area contributed by atoms with Gasteiger partial charge in [0.1, 0.15) is 18.8 Å². The van der Waals surface area contributed by atoms with Crippen molar-refractivity contribution in [2.24, 2.45) is 0 Å². The molecule has 3 rings (SSSR count). The summed E-state index contributed by atoms with van der Waals surface area (Å²) in [5.41, 5.74) is 0. The molecular weight excluding hydrogens is 828 g/mol. The molecular formula is C37H52O24. The van der Waals surface area contributed by atoms with Crippen LogP contribution in [0.5, 0.6) is 0 Å². The van der Waals surface area contributed by atoms with E-state index < -0.39 is 159 Å². The van der Waals surface area contributed by atoms with Gasteiger partial charge in [-0.25, -0.2) is 0 Å². The van der Waals surface area contributed by atoms with Crippen LogP contribution in [-0.4, -0.2) is 166 Å². The molecule has 0 amide bonds. The fourth-order valence-electron chi connectivity index (χ4n) is 6.75. The molecule has 0 aromatic rings. The third-order valence-electron chi connectivity index (χ3n) is 8.73. The van der Waals surface area contributed by atoms with E-state index in [2.05, 4.69) is 0 Å². The van der Waals surface area contributed by atoms with Crippen molar-refractivity contribution in [2.45, 2.75) is 161 Å². The third-order valence-corrected chi connectivity index (χ3v) is 8.73. The topological polar surface area (TPSA) is 292 Å². The molecule has 0 bridgehead atoms. The van der Waals surface area contributed by atoms with E-state index in [4.69, 9.17) is 71.1 Å². The second-order valence-electron chi connectivity index (χ2n) is 13.9. The third kappa shape index (κ3) is 14.6. The Morgan fingerprint density at radius 1 is 0.377 bits per heavy atom. The van der Waals surface area contributed by atoms with Gasteiger partial charge in [0.05, 0.1) is 12.7 Å². The number of hydrogen-bond donors (Lipinski definition) is 0. The first-order valence-electron chi connectivity index (χ1n) is 18.8.